The van der Waals surface area contributed by atoms with Crippen molar-refractivity contribution in [2.24, 2.45) is 23.0 Å². The number of nitrogens with one attached hydrogen (secondary N) is 1. The molecule has 2 amide bonds. The molecule has 4 atom stereocenters. The minimum Gasteiger partial charge on any atom is -0.366 e. The van der Waals surface area contributed by atoms with Gasteiger partial charge in [-0.05, 0) is 74.6 Å². The number of benzene rings is 1. The van der Waals surface area contributed by atoms with Gasteiger partial charge in [0.2, 0.25) is 11.8 Å². The highest BCUT2D eigenvalue weighted by Crippen LogP contribution is 2.64. The number of halogens is 1. The predicted octanol–water partition coefficient (Wildman–Crippen LogP) is 3.30. The molecular formula is C18H21ClN2O2. The zero-order chi connectivity index (χ0) is 16.2. The van der Waals surface area contributed by atoms with Crippen molar-refractivity contribution >= 4 is 29.1 Å². The Bertz CT molecular complexity index is 656. The van der Waals surface area contributed by atoms with Crippen LogP contribution in [0.25, 0.3) is 0 Å². The maximum Gasteiger partial charge on any atom is 0.248 e. The highest BCUT2D eigenvalue weighted by Gasteiger charge is 2.60. The number of hydrogen-bond donors (Lipinski definition) is 2. The first-order valence-corrected chi connectivity index (χ1v) is 8.66. The van der Waals surface area contributed by atoms with Crippen molar-refractivity contribution in [1.29, 1.82) is 0 Å². The summed E-state index contributed by atoms with van der Waals surface area (Å²) in [4.78, 5) is 23.9. The van der Waals surface area contributed by atoms with Gasteiger partial charge in [-0.1, -0.05) is 0 Å². The highest BCUT2D eigenvalue weighted by atomic mass is 35.5. The van der Waals surface area contributed by atoms with Crippen LogP contribution in [0.5, 0.6) is 0 Å². The molecule has 4 saturated carbocycles. The number of anilines is 1. The molecule has 4 aliphatic carbocycles. The molecule has 0 saturated heterocycles. The van der Waals surface area contributed by atoms with Gasteiger partial charge in [-0.3, -0.25) is 9.59 Å². The second kappa shape index (κ2) is 4.97. The largest absolute Gasteiger partial charge is 0.366 e. The van der Waals surface area contributed by atoms with Crippen LogP contribution in [0.2, 0.25) is 0 Å². The maximum absolute atomic E-state index is 13.0. The van der Waals surface area contributed by atoms with E-state index in [1.807, 2.05) is 0 Å². The minimum absolute atomic E-state index is 0.0865. The molecule has 4 bridgehead atoms. The van der Waals surface area contributed by atoms with E-state index < -0.39 is 5.91 Å². The number of alkyl halides is 1. The molecule has 1 aromatic carbocycles. The third kappa shape index (κ3) is 2.53. The van der Waals surface area contributed by atoms with Crippen molar-refractivity contribution in [3.8, 4) is 0 Å². The van der Waals surface area contributed by atoms with Crippen LogP contribution in [-0.4, -0.2) is 16.7 Å². The van der Waals surface area contributed by atoms with Crippen LogP contribution in [0, 0.1) is 17.3 Å². The van der Waals surface area contributed by atoms with Gasteiger partial charge in [0.15, 0.2) is 0 Å². The minimum atomic E-state index is -0.465. The fourth-order valence-corrected chi connectivity index (χ4v) is 6.09. The molecule has 4 aliphatic rings. The molecule has 0 aromatic heterocycles. The van der Waals surface area contributed by atoms with Gasteiger partial charge in [0, 0.05) is 16.1 Å². The molecule has 122 valence electrons. The Kier molecular flexibility index (Phi) is 3.24. The number of primary amides is 1. The van der Waals surface area contributed by atoms with E-state index in [0.717, 1.165) is 32.1 Å². The van der Waals surface area contributed by atoms with E-state index in [0.29, 0.717) is 23.1 Å². The second-order valence-corrected chi connectivity index (χ2v) is 8.59. The van der Waals surface area contributed by atoms with Crippen LogP contribution >= 0.6 is 11.6 Å². The van der Waals surface area contributed by atoms with Gasteiger partial charge >= 0.3 is 0 Å². The number of carbonyl (C=O) groups excluding carboxylic acids is 2. The van der Waals surface area contributed by atoms with Gasteiger partial charge in [-0.2, -0.15) is 0 Å². The summed E-state index contributed by atoms with van der Waals surface area (Å²) in [5.41, 5.74) is 6.08. The van der Waals surface area contributed by atoms with Gasteiger partial charge in [0.05, 0.1) is 5.41 Å². The number of carbonyl (C=O) groups is 2. The molecule has 0 spiro atoms. The Balaban J connectivity index is 1.54. The standard InChI is InChI=1S/C18H21ClN2O2/c19-18-8-11-5-12(9-18)7-17(6-11,10-18)16(23)21-14-3-1-13(2-4-14)15(20)22/h1-4,11-12H,5-10H2,(H2,20,22)(H,21,23)/t11-,12+,17?,18?. The van der Waals surface area contributed by atoms with Gasteiger partial charge in [0.25, 0.3) is 0 Å². The summed E-state index contributed by atoms with van der Waals surface area (Å²) in [5.74, 6) is 0.810. The lowest BCUT2D eigenvalue weighted by Crippen LogP contribution is -2.57. The second-order valence-electron chi connectivity index (χ2n) is 7.79. The topological polar surface area (TPSA) is 72.2 Å². The van der Waals surface area contributed by atoms with Crippen LogP contribution in [0.15, 0.2) is 24.3 Å². The summed E-state index contributed by atoms with van der Waals surface area (Å²) in [7, 11) is 0. The van der Waals surface area contributed by atoms with Crippen molar-refractivity contribution < 1.29 is 9.59 Å². The molecule has 0 heterocycles. The third-order valence-corrected chi connectivity index (χ3v) is 6.34. The Morgan fingerprint density at radius 3 is 2.22 bits per heavy atom. The molecule has 5 rings (SSSR count). The zero-order valence-electron chi connectivity index (χ0n) is 13.0. The van der Waals surface area contributed by atoms with Crippen LogP contribution in [-0.2, 0) is 4.79 Å². The maximum atomic E-state index is 13.0. The number of hydrogen-bond acceptors (Lipinski definition) is 2. The van der Waals surface area contributed by atoms with Gasteiger partial charge in [-0.25, -0.2) is 0 Å². The first kappa shape index (κ1) is 15.0. The Morgan fingerprint density at radius 1 is 1.09 bits per heavy atom. The van der Waals surface area contributed by atoms with Crippen LogP contribution in [0.1, 0.15) is 48.9 Å². The molecule has 23 heavy (non-hydrogen) atoms. The van der Waals surface area contributed by atoms with Crippen LogP contribution < -0.4 is 11.1 Å². The van der Waals surface area contributed by atoms with E-state index >= 15 is 0 Å². The fourth-order valence-electron chi connectivity index (χ4n) is 5.40. The van der Waals surface area contributed by atoms with Gasteiger partial charge in [0.1, 0.15) is 0 Å². The van der Waals surface area contributed by atoms with E-state index in [4.69, 9.17) is 17.3 Å². The lowest BCUT2D eigenvalue weighted by molar-refractivity contribution is -0.138. The molecule has 3 N–H and O–H groups in total. The van der Waals surface area contributed by atoms with Crippen LogP contribution in [0.3, 0.4) is 0 Å². The van der Waals surface area contributed by atoms with E-state index in [1.54, 1.807) is 24.3 Å². The van der Waals surface area contributed by atoms with E-state index in [-0.39, 0.29) is 16.2 Å². The number of nitrogens with two attached hydrogens (primary N) is 1. The Morgan fingerprint density at radius 2 is 1.70 bits per heavy atom. The van der Waals surface area contributed by atoms with Crippen molar-refractivity contribution in [3.05, 3.63) is 29.8 Å². The molecular weight excluding hydrogens is 312 g/mol. The summed E-state index contributed by atoms with van der Waals surface area (Å²) >= 11 is 6.79. The molecule has 1 aromatic rings. The zero-order valence-corrected chi connectivity index (χ0v) is 13.7. The smallest absolute Gasteiger partial charge is 0.248 e. The average molecular weight is 333 g/mol. The van der Waals surface area contributed by atoms with E-state index in [1.165, 1.54) is 6.42 Å². The van der Waals surface area contributed by atoms with Crippen molar-refractivity contribution in [3.63, 3.8) is 0 Å². The van der Waals surface area contributed by atoms with Crippen molar-refractivity contribution in [1.82, 2.24) is 0 Å². The summed E-state index contributed by atoms with van der Waals surface area (Å²) in [6.45, 7) is 0. The summed E-state index contributed by atoms with van der Waals surface area (Å²) in [6, 6.07) is 6.74. The van der Waals surface area contributed by atoms with E-state index in [9.17, 15) is 9.59 Å². The normalized spacial score (nSPS) is 37.6. The molecule has 4 fully saturated rings. The average Bonchev–Trinajstić information content (AvgIpc) is 2.45. The highest BCUT2D eigenvalue weighted by molar-refractivity contribution is 6.24. The molecule has 2 unspecified atom stereocenters. The van der Waals surface area contributed by atoms with E-state index in [2.05, 4.69) is 5.32 Å². The number of rotatable bonds is 3. The van der Waals surface area contributed by atoms with Crippen LogP contribution in [0.4, 0.5) is 5.69 Å². The first-order valence-electron chi connectivity index (χ1n) is 8.28. The molecule has 5 heteroatoms. The molecule has 0 radical (unpaired) electrons. The fraction of sp³-hybridized carbons (Fsp3) is 0.556. The summed E-state index contributed by atoms with van der Waals surface area (Å²) < 4.78 is 0. The molecule has 4 nitrogen and oxygen atoms in total. The SMILES string of the molecule is NC(=O)c1ccc(NC(=O)C23C[C@@H]4C[C@@H](CC(Cl)(C4)C2)C3)cc1. The summed E-state index contributed by atoms with van der Waals surface area (Å²) in [5, 5.41) is 3.03. The van der Waals surface area contributed by atoms with Crippen molar-refractivity contribution in [2.45, 2.75) is 43.4 Å². The van der Waals surface area contributed by atoms with Crippen molar-refractivity contribution in [2.75, 3.05) is 5.32 Å². The first-order chi connectivity index (χ1) is 10.9. The van der Waals surface area contributed by atoms with Gasteiger partial charge < -0.3 is 11.1 Å². The monoisotopic (exact) mass is 332 g/mol. The predicted molar refractivity (Wildman–Crippen MR) is 89.3 cm³/mol. The number of amides is 2. The molecule has 0 aliphatic heterocycles. The Labute approximate surface area is 140 Å². The quantitative estimate of drug-likeness (QED) is 0.833. The lowest BCUT2D eigenvalue weighted by Gasteiger charge is -2.59. The lowest BCUT2D eigenvalue weighted by atomic mass is 9.49. The van der Waals surface area contributed by atoms with Gasteiger partial charge in [-0.15, -0.1) is 11.6 Å². The Hall–Kier alpha value is -1.55. The summed E-state index contributed by atoms with van der Waals surface area (Å²) in [6.07, 6.45) is 6.07. The third-order valence-electron chi connectivity index (χ3n) is 5.90.